The highest BCUT2D eigenvalue weighted by Gasteiger charge is 2.32. The van der Waals surface area contributed by atoms with Gasteiger partial charge in [0.15, 0.2) is 11.5 Å². The lowest BCUT2D eigenvalue weighted by atomic mass is 9.92. The van der Waals surface area contributed by atoms with E-state index in [2.05, 4.69) is 0 Å². The SMILES string of the molecule is CCCCOc1c2c(c(=O)n(CC(C)(C)C)c1CN)C=CC(O)C2=O.Cl. The van der Waals surface area contributed by atoms with E-state index in [1.54, 1.807) is 4.57 Å². The summed E-state index contributed by atoms with van der Waals surface area (Å²) in [6.45, 7) is 9.09. The number of hydrogen-bond acceptors (Lipinski definition) is 5. The van der Waals surface area contributed by atoms with Gasteiger partial charge in [-0.25, -0.2) is 0 Å². The fourth-order valence-corrected chi connectivity index (χ4v) is 2.90. The number of aliphatic hydroxyl groups excluding tert-OH is 1. The summed E-state index contributed by atoms with van der Waals surface area (Å²) in [5, 5.41) is 9.90. The van der Waals surface area contributed by atoms with E-state index in [0.29, 0.717) is 24.6 Å². The number of fused-ring (bicyclic) bond motifs is 1. The molecule has 1 aromatic heterocycles. The molecule has 0 saturated heterocycles. The van der Waals surface area contributed by atoms with Crippen LogP contribution < -0.4 is 16.0 Å². The van der Waals surface area contributed by atoms with Crippen LogP contribution in [0.4, 0.5) is 0 Å². The molecule has 0 aromatic carbocycles. The van der Waals surface area contributed by atoms with Gasteiger partial charge in [0, 0.05) is 13.1 Å². The number of aromatic nitrogens is 1. The molecule has 146 valence electrons. The number of carbonyl (C=O) groups excluding carboxylic acids is 1. The van der Waals surface area contributed by atoms with Crippen LogP contribution in [0.5, 0.6) is 5.75 Å². The number of unbranched alkanes of at least 4 members (excludes halogenated alkanes) is 1. The molecule has 26 heavy (non-hydrogen) atoms. The van der Waals surface area contributed by atoms with Crippen molar-refractivity contribution < 1.29 is 14.6 Å². The largest absolute Gasteiger partial charge is 0.491 e. The van der Waals surface area contributed by atoms with E-state index >= 15 is 0 Å². The van der Waals surface area contributed by atoms with Crippen LogP contribution in [-0.4, -0.2) is 28.2 Å². The lowest BCUT2D eigenvalue weighted by Crippen LogP contribution is -2.36. The van der Waals surface area contributed by atoms with Gasteiger partial charge in [0.2, 0.25) is 0 Å². The minimum atomic E-state index is -1.26. The van der Waals surface area contributed by atoms with Crippen molar-refractivity contribution in [2.45, 2.75) is 59.7 Å². The lowest BCUT2D eigenvalue weighted by Gasteiger charge is -2.27. The van der Waals surface area contributed by atoms with E-state index in [9.17, 15) is 14.7 Å². The number of aliphatic hydroxyl groups is 1. The van der Waals surface area contributed by atoms with Gasteiger partial charge < -0.3 is 20.1 Å². The van der Waals surface area contributed by atoms with Gasteiger partial charge in [0.05, 0.1) is 23.4 Å². The maximum atomic E-state index is 13.0. The Labute approximate surface area is 160 Å². The Morgan fingerprint density at radius 1 is 1.31 bits per heavy atom. The molecule has 2 rings (SSSR count). The number of Topliss-reactive ketones (excluding diaryl/α,β-unsaturated/α-hetero) is 1. The smallest absolute Gasteiger partial charge is 0.259 e. The molecule has 1 aliphatic carbocycles. The van der Waals surface area contributed by atoms with Crippen molar-refractivity contribution in [1.82, 2.24) is 4.57 Å². The van der Waals surface area contributed by atoms with Crippen LogP contribution in [0.2, 0.25) is 0 Å². The van der Waals surface area contributed by atoms with Crippen LogP contribution in [-0.2, 0) is 13.1 Å². The average molecular weight is 385 g/mol. The number of nitrogens with zero attached hydrogens (tertiary/aromatic N) is 1. The predicted molar refractivity (Wildman–Crippen MR) is 105 cm³/mol. The minimum absolute atomic E-state index is 0. The Balaban J connectivity index is 0.00000338. The quantitative estimate of drug-likeness (QED) is 0.735. The third-order valence-electron chi connectivity index (χ3n) is 4.09. The zero-order chi connectivity index (χ0) is 18.8. The van der Waals surface area contributed by atoms with Crippen molar-refractivity contribution in [1.29, 1.82) is 0 Å². The van der Waals surface area contributed by atoms with Gasteiger partial charge in [-0.15, -0.1) is 12.4 Å². The maximum Gasteiger partial charge on any atom is 0.259 e. The molecule has 0 fully saturated rings. The molecule has 7 heteroatoms. The van der Waals surface area contributed by atoms with E-state index in [1.165, 1.54) is 12.2 Å². The van der Waals surface area contributed by atoms with Crippen molar-refractivity contribution in [3.8, 4) is 5.75 Å². The van der Waals surface area contributed by atoms with Crippen LogP contribution in [0.3, 0.4) is 0 Å². The highest BCUT2D eigenvalue weighted by molar-refractivity contribution is 6.08. The summed E-state index contributed by atoms with van der Waals surface area (Å²) in [4.78, 5) is 25.5. The number of rotatable bonds is 6. The van der Waals surface area contributed by atoms with Crippen LogP contribution in [0, 0.1) is 5.41 Å². The first-order chi connectivity index (χ1) is 11.7. The second-order valence-corrected chi connectivity index (χ2v) is 7.59. The molecule has 0 amide bonds. The zero-order valence-electron chi connectivity index (χ0n) is 15.9. The monoisotopic (exact) mass is 384 g/mol. The molecule has 0 aliphatic heterocycles. The molecule has 0 spiro atoms. The lowest BCUT2D eigenvalue weighted by molar-refractivity contribution is 0.0812. The standard InChI is InChI=1S/C19H28N2O4.ClH/c1-5-6-9-25-17-13(10-20)21(11-19(2,3)4)18(24)12-7-8-14(22)16(23)15(12)17;/h7-8,14,22H,5-6,9-11,20H2,1-4H3;1H. The Hall–Kier alpha value is -1.63. The molecule has 1 heterocycles. The van der Waals surface area contributed by atoms with E-state index in [-0.39, 0.29) is 41.1 Å². The molecule has 1 aromatic rings. The second-order valence-electron chi connectivity index (χ2n) is 7.59. The fraction of sp³-hybridized carbons (Fsp3) is 0.579. The summed E-state index contributed by atoms with van der Waals surface area (Å²) in [6, 6.07) is 0. The third-order valence-corrected chi connectivity index (χ3v) is 4.09. The van der Waals surface area contributed by atoms with E-state index in [1.807, 2.05) is 27.7 Å². The molecule has 6 nitrogen and oxygen atoms in total. The van der Waals surface area contributed by atoms with Crippen molar-refractivity contribution in [2.24, 2.45) is 11.1 Å². The maximum absolute atomic E-state index is 13.0. The van der Waals surface area contributed by atoms with Crippen molar-refractivity contribution in [3.63, 3.8) is 0 Å². The molecule has 3 N–H and O–H groups in total. The average Bonchev–Trinajstić information content (AvgIpc) is 2.53. The first-order valence-corrected chi connectivity index (χ1v) is 8.74. The van der Waals surface area contributed by atoms with Crippen LogP contribution in [0.25, 0.3) is 6.08 Å². The molecule has 0 bridgehead atoms. The Bertz CT molecular complexity index is 747. The number of ketones is 1. The normalized spacial score (nSPS) is 16.2. The van der Waals surface area contributed by atoms with Gasteiger partial charge in [-0.2, -0.15) is 0 Å². The summed E-state index contributed by atoms with van der Waals surface area (Å²) < 4.78 is 7.50. The van der Waals surface area contributed by atoms with Crippen molar-refractivity contribution in [2.75, 3.05) is 6.61 Å². The van der Waals surface area contributed by atoms with Crippen molar-refractivity contribution in [3.05, 3.63) is 33.3 Å². The number of carbonyl (C=O) groups is 1. The number of ether oxygens (including phenoxy) is 1. The second kappa shape index (κ2) is 8.84. The number of hydrogen-bond donors (Lipinski definition) is 2. The van der Waals surface area contributed by atoms with E-state index in [0.717, 1.165) is 12.8 Å². The van der Waals surface area contributed by atoms with Gasteiger partial charge >= 0.3 is 0 Å². The summed E-state index contributed by atoms with van der Waals surface area (Å²) in [5.74, 6) is -0.179. The van der Waals surface area contributed by atoms with Crippen LogP contribution >= 0.6 is 12.4 Å². The topological polar surface area (TPSA) is 94.6 Å². The highest BCUT2D eigenvalue weighted by Crippen LogP contribution is 2.31. The predicted octanol–water partition coefficient (Wildman–Crippen LogP) is 2.52. The molecule has 0 saturated carbocycles. The Morgan fingerprint density at radius 2 is 1.96 bits per heavy atom. The number of pyridine rings is 1. The number of nitrogens with two attached hydrogens (primary N) is 1. The summed E-state index contributed by atoms with van der Waals surface area (Å²) >= 11 is 0. The molecular formula is C19H29ClN2O4. The zero-order valence-corrected chi connectivity index (χ0v) is 16.7. The van der Waals surface area contributed by atoms with Gasteiger partial charge in [-0.1, -0.05) is 34.1 Å². The van der Waals surface area contributed by atoms with Gasteiger partial charge in [-0.3, -0.25) is 9.59 Å². The van der Waals surface area contributed by atoms with Gasteiger partial charge in [-0.05, 0) is 24.0 Å². The first-order valence-electron chi connectivity index (χ1n) is 8.74. The fourth-order valence-electron chi connectivity index (χ4n) is 2.90. The summed E-state index contributed by atoms with van der Waals surface area (Å²) in [6.07, 6.45) is 3.35. The molecule has 0 radical (unpaired) electrons. The van der Waals surface area contributed by atoms with E-state index < -0.39 is 11.9 Å². The van der Waals surface area contributed by atoms with Gasteiger partial charge in [0.1, 0.15) is 6.10 Å². The number of halogens is 1. The molecule has 1 unspecified atom stereocenters. The molecular weight excluding hydrogens is 356 g/mol. The third kappa shape index (κ3) is 4.55. The first kappa shape index (κ1) is 22.4. The summed E-state index contributed by atoms with van der Waals surface area (Å²) in [5.41, 5.74) is 6.43. The highest BCUT2D eigenvalue weighted by atomic mass is 35.5. The summed E-state index contributed by atoms with van der Waals surface area (Å²) in [7, 11) is 0. The Kier molecular flexibility index (Phi) is 7.62. The Morgan fingerprint density at radius 3 is 2.50 bits per heavy atom. The van der Waals surface area contributed by atoms with Crippen LogP contribution in [0.15, 0.2) is 10.9 Å². The van der Waals surface area contributed by atoms with Gasteiger partial charge in [0.25, 0.3) is 5.56 Å². The molecule has 1 aliphatic rings. The van der Waals surface area contributed by atoms with E-state index in [4.69, 9.17) is 10.5 Å². The minimum Gasteiger partial charge on any atom is -0.491 e. The van der Waals surface area contributed by atoms with Crippen molar-refractivity contribution >= 4 is 24.3 Å². The van der Waals surface area contributed by atoms with Crippen LogP contribution in [0.1, 0.15) is 62.2 Å². The molecule has 1 atom stereocenters.